The van der Waals surface area contributed by atoms with E-state index in [0.29, 0.717) is 6.04 Å². The Bertz CT molecular complexity index is 356. The minimum Gasteiger partial charge on any atom is -0.344 e. The van der Waals surface area contributed by atoms with Crippen molar-refractivity contribution in [1.29, 1.82) is 0 Å². The third-order valence-electron chi connectivity index (χ3n) is 3.70. The largest absolute Gasteiger partial charge is 0.344 e. The maximum absolute atomic E-state index is 4.73. The van der Waals surface area contributed by atoms with Crippen LogP contribution in [0.5, 0.6) is 0 Å². The van der Waals surface area contributed by atoms with Crippen LogP contribution in [0.3, 0.4) is 0 Å². The molecule has 1 saturated heterocycles. The molecular formula is C14H25N3S. The molecule has 102 valence electrons. The van der Waals surface area contributed by atoms with Gasteiger partial charge in [-0.25, -0.2) is 4.98 Å². The van der Waals surface area contributed by atoms with E-state index in [9.17, 15) is 0 Å². The fourth-order valence-electron chi connectivity index (χ4n) is 2.49. The summed E-state index contributed by atoms with van der Waals surface area (Å²) in [6.45, 7) is 9.91. The van der Waals surface area contributed by atoms with Gasteiger partial charge >= 0.3 is 0 Å². The number of aromatic nitrogens is 1. The van der Waals surface area contributed by atoms with Crippen molar-refractivity contribution in [3.8, 4) is 0 Å². The van der Waals surface area contributed by atoms with Gasteiger partial charge in [-0.15, -0.1) is 11.3 Å². The number of rotatable bonds is 5. The van der Waals surface area contributed by atoms with Crippen LogP contribution in [0.4, 0.5) is 5.13 Å². The Morgan fingerprint density at radius 2 is 2.22 bits per heavy atom. The zero-order valence-corrected chi connectivity index (χ0v) is 12.6. The number of anilines is 1. The second-order valence-corrected chi connectivity index (χ2v) is 6.37. The van der Waals surface area contributed by atoms with Crippen LogP contribution in [-0.4, -0.2) is 30.7 Å². The molecule has 0 radical (unpaired) electrons. The van der Waals surface area contributed by atoms with Gasteiger partial charge < -0.3 is 10.2 Å². The first-order valence-corrected chi connectivity index (χ1v) is 7.95. The molecule has 0 bridgehead atoms. The molecule has 1 unspecified atom stereocenters. The molecule has 1 atom stereocenters. The fraction of sp³-hybridized carbons (Fsp3) is 0.786. The molecule has 18 heavy (non-hydrogen) atoms. The molecule has 0 saturated carbocycles. The highest BCUT2D eigenvalue weighted by atomic mass is 32.1. The lowest BCUT2D eigenvalue weighted by molar-refractivity contribution is 0.435. The highest BCUT2D eigenvalue weighted by Gasteiger charge is 2.24. The first-order valence-electron chi connectivity index (χ1n) is 7.13. The Balaban J connectivity index is 2.02. The van der Waals surface area contributed by atoms with E-state index in [-0.39, 0.29) is 0 Å². The zero-order chi connectivity index (χ0) is 13.0. The number of hydrogen-bond donors (Lipinski definition) is 1. The van der Waals surface area contributed by atoms with Crippen LogP contribution in [0.1, 0.15) is 43.2 Å². The summed E-state index contributed by atoms with van der Waals surface area (Å²) in [6.07, 6.45) is 5.18. The number of hydrogen-bond acceptors (Lipinski definition) is 4. The predicted octanol–water partition coefficient (Wildman–Crippen LogP) is 3.12. The lowest BCUT2D eigenvalue weighted by atomic mass is 10.0. The highest BCUT2D eigenvalue weighted by Crippen LogP contribution is 2.30. The van der Waals surface area contributed by atoms with Gasteiger partial charge in [0.25, 0.3) is 0 Å². The summed E-state index contributed by atoms with van der Waals surface area (Å²) in [5, 5.41) is 4.79. The lowest BCUT2D eigenvalue weighted by Crippen LogP contribution is -2.45. The number of nitrogens with one attached hydrogen (secondary N) is 1. The summed E-state index contributed by atoms with van der Waals surface area (Å²) in [7, 11) is 0. The van der Waals surface area contributed by atoms with Crippen LogP contribution >= 0.6 is 11.3 Å². The molecule has 2 heterocycles. The van der Waals surface area contributed by atoms with Gasteiger partial charge in [0.15, 0.2) is 5.13 Å². The van der Waals surface area contributed by atoms with Gasteiger partial charge in [0.1, 0.15) is 0 Å². The number of piperidine rings is 1. The molecule has 3 nitrogen and oxygen atoms in total. The smallest absolute Gasteiger partial charge is 0.186 e. The Kier molecular flexibility index (Phi) is 5.01. The molecule has 0 aromatic carbocycles. The average molecular weight is 267 g/mol. The lowest BCUT2D eigenvalue weighted by Gasteiger charge is -2.35. The van der Waals surface area contributed by atoms with Crippen molar-refractivity contribution in [1.82, 2.24) is 10.3 Å². The second kappa shape index (κ2) is 6.53. The standard InChI is InChI=1S/C14H25N3S/c1-4-8-15-10-13-7-5-6-9-17(13)14-16-11(2)12(3)18-14/h13,15H,4-10H2,1-3H3. The monoisotopic (exact) mass is 267 g/mol. The van der Waals surface area contributed by atoms with E-state index in [0.717, 1.165) is 13.1 Å². The minimum absolute atomic E-state index is 0.634. The van der Waals surface area contributed by atoms with Crippen LogP contribution in [0.15, 0.2) is 0 Å². The third-order valence-corrected chi connectivity index (χ3v) is 4.81. The fourth-order valence-corrected chi connectivity index (χ4v) is 3.50. The molecule has 0 aliphatic carbocycles. The maximum atomic E-state index is 4.73. The van der Waals surface area contributed by atoms with Crippen molar-refractivity contribution in [3.63, 3.8) is 0 Å². The molecule has 1 aromatic rings. The molecular weight excluding hydrogens is 242 g/mol. The first-order chi connectivity index (χ1) is 8.72. The number of nitrogens with zero attached hydrogens (tertiary/aromatic N) is 2. The van der Waals surface area contributed by atoms with Gasteiger partial charge in [0, 0.05) is 24.0 Å². The average Bonchev–Trinajstić information content (AvgIpc) is 2.70. The first kappa shape index (κ1) is 13.8. The topological polar surface area (TPSA) is 28.2 Å². The van der Waals surface area contributed by atoms with Crippen molar-refractivity contribution < 1.29 is 0 Å². The summed E-state index contributed by atoms with van der Waals surface area (Å²) in [5.74, 6) is 0. The van der Waals surface area contributed by atoms with Gasteiger partial charge in [0.2, 0.25) is 0 Å². The minimum atomic E-state index is 0.634. The van der Waals surface area contributed by atoms with E-state index in [1.165, 1.54) is 47.9 Å². The van der Waals surface area contributed by atoms with Gasteiger partial charge in [-0.05, 0) is 46.1 Å². The third kappa shape index (κ3) is 3.23. The highest BCUT2D eigenvalue weighted by molar-refractivity contribution is 7.15. The molecule has 0 amide bonds. The Morgan fingerprint density at radius 3 is 2.89 bits per heavy atom. The molecule has 0 spiro atoms. The van der Waals surface area contributed by atoms with Gasteiger partial charge in [-0.2, -0.15) is 0 Å². The van der Waals surface area contributed by atoms with Crippen molar-refractivity contribution in [3.05, 3.63) is 10.6 Å². The van der Waals surface area contributed by atoms with Gasteiger partial charge in [0.05, 0.1) is 5.69 Å². The van der Waals surface area contributed by atoms with E-state index >= 15 is 0 Å². The predicted molar refractivity (Wildman–Crippen MR) is 79.7 cm³/mol. The second-order valence-electron chi connectivity index (χ2n) is 5.19. The van der Waals surface area contributed by atoms with Crippen LogP contribution in [-0.2, 0) is 0 Å². The van der Waals surface area contributed by atoms with E-state index in [2.05, 4.69) is 31.0 Å². The normalized spacial score (nSPS) is 20.4. The summed E-state index contributed by atoms with van der Waals surface area (Å²) in [5.41, 5.74) is 1.20. The molecule has 1 N–H and O–H groups in total. The molecule has 2 rings (SSSR count). The van der Waals surface area contributed by atoms with E-state index in [1.807, 2.05) is 11.3 Å². The molecule has 1 aliphatic heterocycles. The molecule has 1 aromatic heterocycles. The van der Waals surface area contributed by atoms with Crippen molar-refractivity contribution in [2.45, 2.75) is 52.5 Å². The summed E-state index contributed by atoms with van der Waals surface area (Å²) in [6, 6.07) is 0.634. The molecule has 4 heteroatoms. The summed E-state index contributed by atoms with van der Waals surface area (Å²) >= 11 is 1.85. The number of aryl methyl sites for hydroxylation is 2. The maximum Gasteiger partial charge on any atom is 0.186 e. The molecule has 1 fully saturated rings. The van der Waals surface area contributed by atoms with Gasteiger partial charge in [-0.1, -0.05) is 6.92 Å². The van der Waals surface area contributed by atoms with Gasteiger partial charge in [-0.3, -0.25) is 0 Å². The molecule has 1 aliphatic rings. The Labute approximate surface area is 115 Å². The number of thiazole rings is 1. The van der Waals surface area contributed by atoms with Crippen LogP contribution in [0.25, 0.3) is 0 Å². The van der Waals surface area contributed by atoms with E-state index in [1.54, 1.807) is 0 Å². The summed E-state index contributed by atoms with van der Waals surface area (Å²) < 4.78 is 0. The van der Waals surface area contributed by atoms with Crippen molar-refractivity contribution in [2.75, 3.05) is 24.5 Å². The Hall–Kier alpha value is -0.610. The van der Waals surface area contributed by atoms with Crippen molar-refractivity contribution >= 4 is 16.5 Å². The van der Waals surface area contributed by atoms with E-state index < -0.39 is 0 Å². The zero-order valence-electron chi connectivity index (χ0n) is 11.8. The van der Waals surface area contributed by atoms with Crippen molar-refractivity contribution in [2.24, 2.45) is 0 Å². The van der Waals surface area contributed by atoms with E-state index in [4.69, 9.17) is 4.98 Å². The van der Waals surface area contributed by atoms with Crippen LogP contribution in [0.2, 0.25) is 0 Å². The summed E-state index contributed by atoms with van der Waals surface area (Å²) in [4.78, 5) is 8.61. The quantitative estimate of drug-likeness (QED) is 0.831. The SMILES string of the molecule is CCCNCC1CCCCN1c1nc(C)c(C)s1. The van der Waals surface area contributed by atoms with Crippen LogP contribution < -0.4 is 10.2 Å². The Morgan fingerprint density at radius 1 is 1.39 bits per heavy atom. The van der Waals surface area contributed by atoms with Crippen LogP contribution in [0, 0.1) is 13.8 Å².